The molecular weight excluding hydrogens is 324 g/mol. The quantitative estimate of drug-likeness (QED) is 0.481. The lowest BCUT2D eigenvalue weighted by Gasteiger charge is -2.34. The first kappa shape index (κ1) is 21.6. The summed E-state index contributed by atoms with van der Waals surface area (Å²) in [5.74, 6) is 0.381. The maximum atomic E-state index is 11.7. The van der Waals surface area contributed by atoms with Gasteiger partial charge in [0.15, 0.2) is 0 Å². The van der Waals surface area contributed by atoms with Crippen LogP contribution in [0, 0.1) is 11.8 Å². The molecule has 0 aromatic rings. The standard InChI is InChI=1S/C18H32N2O5/c1-4-16(21)14-11-15(12-14)20-17(22)5-7-24-9-10-25-8-6-19-18(23)13(2)3/h13-15H,4-12H2,1-3H3,(H,19,23)(H,20,22). The lowest BCUT2D eigenvalue weighted by molar-refractivity contribution is -0.129. The average Bonchev–Trinajstić information content (AvgIpc) is 2.55. The highest BCUT2D eigenvalue weighted by Crippen LogP contribution is 2.29. The maximum Gasteiger partial charge on any atom is 0.222 e. The van der Waals surface area contributed by atoms with Crippen LogP contribution in [0.4, 0.5) is 0 Å². The summed E-state index contributed by atoms with van der Waals surface area (Å²) in [6.07, 6.45) is 2.42. The van der Waals surface area contributed by atoms with Crippen molar-refractivity contribution in [3.8, 4) is 0 Å². The van der Waals surface area contributed by atoms with Crippen LogP contribution in [0.25, 0.3) is 0 Å². The molecule has 1 fully saturated rings. The van der Waals surface area contributed by atoms with E-state index >= 15 is 0 Å². The Morgan fingerprint density at radius 1 is 1.04 bits per heavy atom. The van der Waals surface area contributed by atoms with Crippen LogP contribution in [-0.2, 0) is 23.9 Å². The van der Waals surface area contributed by atoms with E-state index in [1.807, 2.05) is 20.8 Å². The molecule has 0 spiro atoms. The molecule has 0 aromatic carbocycles. The number of ketones is 1. The molecule has 144 valence electrons. The number of hydrogen-bond donors (Lipinski definition) is 2. The molecule has 0 aliphatic heterocycles. The molecule has 0 unspecified atom stereocenters. The van der Waals surface area contributed by atoms with Gasteiger partial charge >= 0.3 is 0 Å². The summed E-state index contributed by atoms with van der Waals surface area (Å²) in [4.78, 5) is 34.5. The number of ether oxygens (including phenoxy) is 2. The Hall–Kier alpha value is -1.47. The summed E-state index contributed by atoms with van der Waals surface area (Å²) in [5.41, 5.74) is 0. The van der Waals surface area contributed by atoms with Gasteiger partial charge in [0.2, 0.25) is 11.8 Å². The molecule has 25 heavy (non-hydrogen) atoms. The van der Waals surface area contributed by atoms with Crippen LogP contribution < -0.4 is 10.6 Å². The minimum absolute atomic E-state index is 0.0164. The second kappa shape index (κ2) is 12.0. The highest BCUT2D eigenvalue weighted by molar-refractivity contribution is 5.82. The van der Waals surface area contributed by atoms with Gasteiger partial charge in [0, 0.05) is 37.3 Å². The van der Waals surface area contributed by atoms with Gasteiger partial charge in [-0.3, -0.25) is 14.4 Å². The fourth-order valence-corrected chi connectivity index (χ4v) is 2.52. The van der Waals surface area contributed by atoms with E-state index in [-0.39, 0.29) is 35.5 Å². The van der Waals surface area contributed by atoms with Crippen LogP contribution in [0.3, 0.4) is 0 Å². The zero-order valence-corrected chi connectivity index (χ0v) is 15.6. The summed E-state index contributed by atoms with van der Waals surface area (Å²) in [5, 5.41) is 5.68. The van der Waals surface area contributed by atoms with Crippen molar-refractivity contribution in [2.45, 2.75) is 52.5 Å². The van der Waals surface area contributed by atoms with Crippen LogP contribution in [0.1, 0.15) is 46.5 Å². The molecule has 0 atom stereocenters. The number of amides is 2. The smallest absolute Gasteiger partial charge is 0.222 e. The fourth-order valence-electron chi connectivity index (χ4n) is 2.52. The normalized spacial score (nSPS) is 19.4. The van der Waals surface area contributed by atoms with Gasteiger partial charge in [-0.25, -0.2) is 0 Å². The Kier molecular flexibility index (Phi) is 10.3. The molecular formula is C18H32N2O5. The molecule has 2 N–H and O–H groups in total. The minimum atomic E-state index is -0.0373. The van der Waals surface area contributed by atoms with Gasteiger partial charge in [0.05, 0.1) is 26.4 Å². The van der Waals surface area contributed by atoms with Crippen LogP contribution >= 0.6 is 0 Å². The fraction of sp³-hybridized carbons (Fsp3) is 0.833. The van der Waals surface area contributed by atoms with Crippen molar-refractivity contribution >= 4 is 17.6 Å². The van der Waals surface area contributed by atoms with E-state index < -0.39 is 0 Å². The number of Topliss-reactive ketones (excluding diaryl/α,β-unsaturated/α-hetero) is 1. The van der Waals surface area contributed by atoms with E-state index in [4.69, 9.17) is 9.47 Å². The van der Waals surface area contributed by atoms with Crippen LogP contribution in [0.2, 0.25) is 0 Å². The van der Waals surface area contributed by atoms with Gasteiger partial charge in [0.1, 0.15) is 5.78 Å². The highest BCUT2D eigenvalue weighted by atomic mass is 16.5. The first-order valence-corrected chi connectivity index (χ1v) is 9.19. The zero-order valence-electron chi connectivity index (χ0n) is 15.6. The summed E-state index contributed by atoms with van der Waals surface area (Å²) >= 11 is 0. The highest BCUT2D eigenvalue weighted by Gasteiger charge is 2.33. The molecule has 1 aliphatic carbocycles. The molecule has 1 saturated carbocycles. The first-order valence-electron chi connectivity index (χ1n) is 9.19. The van der Waals surface area contributed by atoms with Crippen molar-refractivity contribution in [3.63, 3.8) is 0 Å². The van der Waals surface area contributed by atoms with Gasteiger partial charge in [0.25, 0.3) is 0 Å². The van der Waals surface area contributed by atoms with Crippen molar-refractivity contribution in [1.82, 2.24) is 10.6 Å². The van der Waals surface area contributed by atoms with Gasteiger partial charge in [-0.05, 0) is 12.8 Å². The first-order chi connectivity index (χ1) is 11.9. The van der Waals surface area contributed by atoms with E-state index in [0.29, 0.717) is 45.8 Å². The maximum absolute atomic E-state index is 11.7. The Bertz CT molecular complexity index is 433. The van der Waals surface area contributed by atoms with Crippen molar-refractivity contribution in [2.75, 3.05) is 33.0 Å². The summed E-state index contributed by atoms with van der Waals surface area (Å²) < 4.78 is 10.7. The molecule has 0 bridgehead atoms. The predicted molar refractivity (Wildman–Crippen MR) is 94.1 cm³/mol. The average molecular weight is 356 g/mol. The third-order valence-corrected chi connectivity index (χ3v) is 4.22. The molecule has 7 heteroatoms. The number of hydrogen-bond acceptors (Lipinski definition) is 5. The number of carbonyl (C=O) groups is 3. The van der Waals surface area contributed by atoms with Crippen LogP contribution in [0.5, 0.6) is 0 Å². The number of nitrogens with one attached hydrogen (secondary N) is 2. The molecule has 0 aromatic heterocycles. The molecule has 0 saturated heterocycles. The van der Waals surface area contributed by atoms with E-state index in [9.17, 15) is 14.4 Å². The molecule has 0 heterocycles. The second-order valence-corrected chi connectivity index (χ2v) is 6.67. The summed E-state index contributed by atoms with van der Waals surface area (Å²) in [6.45, 7) is 7.69. The molecule has 0 radical (unpaired) electrons. The van der Waals surface area contributed by atoms with Crippen molar-refractivity contribution < 1.29 is 23.9 Å². The predicted octanol–water partition coefficient (Wildman–Crippen LogP) is 1.06. The second-order valence-electron chi connectivity index (χ2n) is 6.67. The summed E-state index contributed by atoms with van der Waals surface area (Å²) in [6, 6.07) is 0.136. The summed E-state index contributed by atoms with van der Waals surface area (Å²) in [7, 11) is 0. The topological polar surface area (TPSA) is 93.7 Å². The number of rotatable bonds is 13. The van der Waals surface area contributed by atoms with Crippen molar-refractivity contribution in [2.24, 2.45) is 11.8 Å². The molecule has 7 nitrogen and oxygen atoms in total. The lowest BCUT2D eigenvalue weighted by atomic mass is 9.77. The zero-order chi connectivity index (χ0) is 18.7. The Labute approximate surface area is 150 Å². The van der Waals surface area contributed by atoms with E-state index in [1.165, 1.54) is 0 Å². The third kappa shape index (κ3) is 8.97. The SMILES string of the molecule is CCC(=O)C1CC(NC(=O)CCOCCOCCNC(=O)C(C)C)C1. The monoisotopic (exact) mass is 356 g/mol. The lowest BCUT2D eigenvalue weighted by Crippen LogP contribution is -2.46. The Balaban J connectivity index is 1.88. The minimum Gasteiger partial charge on any atom is -0.379 e. The third-order valence-electron chi connectivity index (χ3n) is 4.22. The largest absolute Gasteiger partial charge is 0.379 e. The van der Waals surface area contributed by atoms with Gasteiger partial charge in [-0.1, -0.05) is 20.8 Å². The van der Waals surface area contributed by atoms with E-state index in [2.05, 4.69) is 10.6 Å². The molecule has 1 rings (SSSR count). The van der Waals surface area contributed by atoms with Gasteiger partial charge in [-0.15, -0.1) is 0 Å². The molecule has 1 aliphatic rings. The van der Waals surface area contributed by atoms with Gasteiger partial charge < -0.3 is 20.1 Å². The van der Waals surface area contributed by atoms with Crippen molar-refractivity contribution in [1.29, 1.82) is 0 Å². The Morgan fingerprint density at radius 3 is 2.28 bits per heavy atom. The Morgan fingerprint density at radius 2 is 1.68 bits per heavy atom. The van der Waals surface area contributed by atoms with E-state index in [1.54, 1.807) is 0 Å². The van der Waals surface area contributed by atoms with Gasteiger partial charge in [-0.2, -0.15) is 0 Å². The number of carbonyl (C=O) groups excluding carboxylic acids is 3. The van der Waals surface area contributed by atoms with E-state index in [0.717, 1.165) is 12.8 Å². The molecule has 2 amide bonds. The van der Waals surface area contributed by atoms with Crippen molar-refractivity contribution in [3.05, 3.63) is 0 Å². The van der Waals surface area contributed by atoms with Crippen LogP contribution in [-0.4, -0.2) is 56.6 Å². The van der Waals surface area contributed by atoms with Crippen LogP contribution in [0.15, 0.2) is 0 Å².